The molecule has 1 heterocycles. The van der Waals surface area contributed by atoms with Gasteiger partial charge in [0.05, 0.1) is 0 Å². The van der Waals surface area contributed by atoms with Gasteiger partial charge in [-0.3, -0.25) is 9.69 Å². The van der Waals surface area contributed by atoms with E-state index >= 15 is 0 Å². The maximum Gasteiger partial charge on any atom is 0.322 e. The number of hydrogen-bond donors (Lipinski definition) is 2. The first-order chi connectivity index (χ1) is 10.7. The zero-order valence-corrected chi connectivity index (χ0v) is 13.0. The molecule has 22 heavy (non-hydrogen) atoms. The molecule has 1 unspecified atom stereocenters. The highest BCUT2D eigenvalue weighted by atomic mass is 16.2. The Morgan fingerprint density at radius 1 is 1.14 bits per heavy atom. The molecule has 1 aliphatic carbocycles. The number of nitrogens with one attached hydrogen (secondary N) is 2. The Hall–Kier alpha value is -2.04. The predicted octanol–water partition coefficient (Wildman–Crippen LogP) is 2.21. The van der Waals surface area contributed by atoms with E-state index in [1.54, 1.807) is 11.9 Å². The van der Waals surface area contributed by atoms with Crippen molar-refractivity contribution in [2.75, 3.05) is 11.9 Å². The van der Waals surface area contributed by atoms with Gasteiger partial charge in [0.25, 0.3) is 0 Å². The van der Waals surface area contributed by atoms with Gasteiger partial charge in [0, 0.05) is 25.2 Å². The van der Waals surface area contributed by atoms with Gasteiger partial charge in [-0.2, -0.15) is 0 Å². The van der Waals surface area contributed by atoms with E-state index in [1.165, 1.54) is 19.3 Å². The number of carbonyl (C=O) groups is 2. The Labute approximate surface area is 131 Å². The number of benzene rings is 1. The third kappa shape index (κ3) is 2.80. The normalized spacial score (nSPS) is 21.3. The number of carbonyl (C=O) groups excluding carboxylic acids is 2. The van der Waals surface area contributed by atoms with Crippen LogP contribution in [0, 0.1) is 0 Å². The molecule has 1 saturated carbocycles. The fourth-order valence-electron chi connectivity index (χ4n) is 3.50. The van der Waals surface area contributed by atoms with Crippen molar-refractivity contribution in [3.05, 3.63) is 29.8 Å². The quantitative estimate of drug-likeness (QED) is 0.880. The predicted molar refractivity (Wildman–Crippen MR) is 85.9 cm³/mol. The number of urea groups is 1. The van der Waals surface area contributed by atoms with Gasteiger partial charge in [-0.05, 0) is 24.5 Å². The van der Waals surface area contributed by atoms with Crippen molar-refractivity contribution in [1.29, 1.82) is 0 Å². The summed E-state index contributed by atoms with van der Waals surface area (Å²) in [5.41, 5.74) is 1.90. The first-order valence-electron chi connectivity index (χ1n) is 8.10. The molecular weight excluding hydrogens is 278 g/mol. The van der Waals surface area contributed by atoms with Crippen LogP contribution in [0.15, 0.2) is 24.3 Å². The van der Waals surface area contributed by atoms with Crippen LogP contribution in [-0.2, 0) is 11.2 Å². The first kappa shape index (κ1) is 14.9. The molecule has 0 radical (unpaired) electrons. The van der Waals surface area contributed by atoms with Crippen molar-refractivity contribution in [2.45, 2.75) is 50.6 Å². The summed E-state index contributed by atoms with van der Waals surface area (Å²) in [6.07, 6.45) is 6.23. The van der Waals surface area contributed by atoms with Crippen molar-refractivity contribution in [3.8, 4) is 0 Å². The number of hydrogen-bond acceptors (Lipinski definition) is 2. The van der Waals surface area contributed by atoms with E-state index in [9.17, 15) is 9.59 Å². The Morgan fingerprint density at radius 3 is 2.59 bits per heavy atom. The first-order valence-corrected chi connectivity index (χ1v) is 8.10. The summed E-state index contributed by atoms with van der Waals surface area (Å²) in [5.74, 6) is -0.116. The minimum Gasteiger partial charge on any atom is -0.357 e. The van der Waals surface area contributed by atoms with Crippen molar-refractivity contribution >= 4 is 17.6 Å². The summed E-state index contributed by atoms with van der Waals surface area (Å²) in [6.45, 7) is 0. The highest BCUT2D eigenvalue weighted by Crippen LogP contribution is 2.32. The summed E-state index contributed by atoms with van der Waals surface area (Å²) in [7, 11) is 1.61. The fraction of sp³-hybridized carbons (Fsp3) is 0.529. The lowest BCUT2D eigenvalue weighted by Crippen LogP contribution is -2.53. The molecule has 0 bridgehead atoms. The molecular formula is C17H23N3O2. The zero-order chi connectivity index (χ0) is 15.5. The molecule has 118 valence electrons. The highest BCUT2D eigenvalue weighted by molar-refractivity contribution is 6.02. The number of nitrogens with zero attached hydrogens (tertiary/aromatic N) is 1. The van der Waals surface area contributed by atoms with E-state index < -0.39 is 6.04 Å². The summed E-state index contributed by atoms with van der Waals surface area (Å²) in [5, 5.41) is 5.79. The van der Waals surface area contributed by atoms with Crippen molar-refractivity contribution in [2.24, 2.45) is 0 Å². The third-order valence-electron chi connectivity index (χ3n) is 4.68. The van der Waals surface area contributed by atoms with Crippen LogP contribution in [0.3, 0.4) is 0 Å². The molecule has 0 spiro atoms. The van der Waals surface area contributed by atoms with Gasteiger partial charge in [0.1, 0.15) is 6.04 Å². The lowest BCUT2D eigenvalue weighted by Gasteiger charge is -2.29. The monoisotopic (exact) mass is 301 g/mol. The second-order valence-corrected chi connectivity index (χ2v) is 6.12. The minimum atomic E-state index is -0.453. The molecule has 0 aromatic heterocycles. The van der Waals surface area contributed by atoms with Crippen LogP contribution in [-0.4, -0.2) is 31.1 Å². The van der Waals surface area contributed by atoms with Crippen molar-refractivity contribution < 1.29 is 9.59 Å². The van der Waals surface area contributed by atoms with Gasteiger partial charge in [-0.25, -0.2) is 4.79 Å². The molecule has 3 rings (SSSR count). The summed E-state index contributed by atoms with van der Waals surface area (Å²) in [6, 6.07) is 7.39. The number of fused-ring (bicyclic) bond motifs is 1. The maximum atomic E-state index is 12.7. The van der Waals surface area contributed by atoms with Crippen LogP contribution >= 0.6 is 0 Å². The van der Waals surface area contributed by atoms with Gasteiger partial charge in [0.15, 0.2) is 0 Å². The van der Waals surface area contributed by atoms with Crippen LogP contribution in [0.25, 0.3) is 0 Å². The second-order valence-electron chi connectivity index (χ2n) is 6.12. The minimum absolute atomic E-state index is 0.116. The molecule has 1 aliphatic heterocycles. The van der Waals surface area contributed by atoms with E-state index in [-0.39, 0.29) is 18.0 Å². The average Bonchev–Trinajstić information content (AvgIpc) is 2.94. The summed E-state index contributed by atoms with van der Waals surface area (Å²) < 4.78 is 0. The number of likely N-dealkylation sites (N-methyl/N-ethyl adjacent to an activating group) is 1. The van der Waals surface area contributed by atoms with E-state index in [4.69, 9.17) is 0 Å². The topological polar surface area (TPSA) is 61.4 Å². The average molecular weight is 301 g/mol. The van der Waals surface area contributed by atoms with Gasteiger partial charge >= 0.3 is 6.03 Å². The SMILES string of the molecule is CNC(=O)C1Cc2ccccc2N1C(=O)NC1CCCCC1. The van der Waals surface area contributed by atoms with Gasteiger partial charge in [-0.1, -0.05) is 37.5 Å². The molecule has 2 aliphatic rings. The van der Waals surface area contributed by atoms with Crippen LogP contribution in [0.2, 0.25) is 0 Å². The molecule has 1 fully saturated rings. The lowest BCUT2D eigenvalue weighted by molar-refractivity contribution is -0.121. The van der Waals surface area contributed by atoms with E-state index in [2.05, 4.69) is 10.6 Å². The summed E-state index contributed by atoms with van der Waals surface area (Å²) in [4.78, 5) is 26.5. The number of anilines is 1. The molecule has 1 atom stereocenters. The standard InChI is InChI=1S/C17H23N3O2/c1-18-16(21)15-11-12-7-5-6-10-14(12)20(15)17(22)19-13-8-3-2-4-9-13/h5-7,10,13,15H,2-4,8-9,11H2,1H3,(H,18,21)(H,19,22). The van der Waals surface area contributed by atoms with E-state index in [0.29, 0.717) is 6.42 Å². The smallest absolute Gasteiger partial charge is 0.322 e. The van der Waals surface area contributed by atoms with E-state index in [0.717, 1.165) is 24.1 Å². The number of amides is 3. The van der Waals surface area contributed by atoms with Crippen LogP contribution in [0.4, 0.5) is 10.5 Å². The Bertz CT molecular complexity index is 567. The largest absolute Gasteiger partial charge is 0.357 e. The molecule has 1 aromatic rings. The van der Waals surface area contributed by atoms with Crippen molar-refractivity contribution in [3.63, 3.8) is 0 Å². The van der Waals surface area contributed by atoms with Crippen LogP contribution in [0.1, 0.15) is 37.7 Å². The molecule has 1 aromatic carbocycles. The van der Waals surface area contributed by atoms with Gasteiger partial charge < -0.3 is 10.6 Å². The second kappa shape index (κ2) is 6.38. The lowest BCUT2D eigenvalue weighted by atomic mass is 9.96. The third-order valence-corrected chi connectivity index (χ3v) is 4.68. The van der Waals surface area contributed by atoms with E-state index in [1.807, 2.05) is 24.3 Å². The molecule has 2 N–H and O–H groups in total. The maximum absolute atomic E-state index is 12.7. The number of para-hydroxylation sites is 1. The number of rotatable bonds is 2. The fourth-order valence-corrected chi connectivity index (χ4v) is 3.50. The zero-order valence-electron chi connectivity index (χ0n) is 13.0. The summed E-state index contributed by atoms with van der Waals surface area (Å²) >= 11 is 0. The highest BCUT2D eigenvalue weighted by Gasteiger charge is 2.38. The van der Waals surface area contributed by atoms with Gasteiger partial charge in [-0.15, -0.1) is 0 Å². The van der Waals surface area contributed by atoms with Crippen molar-refractivity contribution in [1.82, 2.24) is 10.6 Å². The Morgan fingerprint density at radius 2 is 1.86 bits per heavy atom. The molecule has 5 nitrogen and oxygen atoms in total. The molecule has 5 heteroatoms. The molecule has 0 saturated heterocycles. The molecule has 3 amide bonds. The van der Waals surface area contributed by atoms with Crippen LogP contribution < -0.4 is 15.5 Å². The van der Waals surface area contributed by atoms with Gasteiger partial charge in [0.2, 0.25) is 5.91 Å². The Kier molecular flexibility index (Phi) is 4.32. The Balaban J connectivity index is 1.80. The van der Waals surface area contributed by atoms with Crippen LogP contribution in [0.5, 0.6) is 0 Å².